The highest BCUT2D eigenvalue weighted by Gasteiger charge is 2.56. The average Bonchev–Trinajstić information content (AvgIpc) is 3.09. The highest BCUT2D eigenvalue weighted by atomic mass is 32.1. The molecule has 2 aliphatic rings. The maximum Gasteiger partial charge on any atom is 0.266 e. The summed E-state index contributed by atoms with van der Waals surface area (Å²) in [6, 6.07) is 3.34. The van der Waals surface area contributed by atoms with Gasteiger partial charge in [-0.1, -0.05) is 6.07 Å². The van der Waals surface area contributed by atoms with E-state index in [-0.39, 0.29) is 12.5 Å². The fraction of sp³-hybridized carbons (Fsp3) is 0.647. The van der Waals surface area contributed by atoms with Gasteiger partial charge in [0.1, 0.15) is 0 Å². The molecule has 8 heteroatoms. The van der Waals surface area contributed by atoms with Crippen molar-refractivity contribution in [2.75, 3.05) is 39.9 Å². The topological polar surface area (TPSA) is 49.9 Å². The summed E-state index contributed by atoms with van der Waals surface area (Å²) < 4.78 is 33.9. The predicted molar refractivity (Wildman–Crippen MR) is 89.9 cm³/mol. The summed E-state index contributed by atoms with van der Waals surface area (Å²) in [6.07, 6.45) is 0.558. The number of carbonyl (C=O) groups is 2. The summed E-state index contributed by atoms with van der Waals surface area (Å²) in [5, 5.41) is 1.74. The Morgan fingerprint density at radius 1 is 1.40 bits per heavy atom. The van der Waals surface area contributed by atoms with Gasteiger partial charge < -0.3 is 14.5 Å². The zero-order chi connectivity index (χ0) is 18.1. The average molecular weight is 372 g/mol. The van der Waals surface area contributed by atoms with Crippen molar-refractivity contribution in [3.63, 3.8) is 0 Å². The Bertz CT molecular complexity index is 638. The van der Waals surface area contributed by atoms with E-state index in [9.17, 15) is 18.4 Å². The van der Waals surface area contributed by atoms with Gasteiger partial charge in [-0.3, -0.25) is 9.59 Å². The number of rotatable bonds is 4. The zero-order valence-corrected chi connectivity index (χ0v) is 15.0. The number of alkyl halides is 2. The summed E-state index contributed by atoms with van der Waals surface area (Å²) in [5.41, 5.74) is -1.19. The van der Waals surface area contributed by atoms with E-state index in [1.54, 1.807) is 29.5 Å². The quantitative estimate of drug-likeness (QED) is 0.816. The second-order valence-electron chi connectivity index (χ2n) is 6.84. The van der Waals surface area contributed by atoms with Crippen LogP contribution < -0.4 is 0 Å². The summed E-state index contributed by atoms with van der Waals surface area (Å²) in [4.78, 5) is 28.7. The molecule has 2 aliphatic heterocycles. The van der Waals surface area contributed by atoms with E-state index in [4.69, 9.17) is 4.74 Å². The summed E-state index contributed by atoms with van der Waals surface area (Å²) in [6.45, 7) is 0.741. The van der Waals surface area contributed by atoms with Crippen LogP contribution in [0.5, 0.6) is 0 Å². The first-order chi connectivity index (χ1) is 11.9. The molecule has 0 N–H and O–H groups in total. The van der Waals surface area contributed by atoms with E-state index >= 15 is 0 Å². The van der Waals surface area contributed by atoms with Crippen LogP contribution in [0, 0.1) is 5.41 Å². The van der Waals surface area contributed by atoms with Gasteiger partial charge in [0.15, 0.2) is 0 Å². The largest absolute Gasteiger partial charge is 0.383 e. The number of hydrogen-bond acceptors (Lipinski definition) is 4. The first-order valence-corrected chi connectivity index (χ1v) is 9.24. The molecule has 0 unspecified atom stereocenters. The molecule has 0 radical (unpaired) electrons. The monoisotopic (exact) mass is 372 g/mol. The molecule has 25 heavy (non-hydrogen) atoms. The molecule has 3 rings (SSSR count). The predicted octanol–water partition coefficient (Wildman–Crippen LogP) is 2.48. The maximum absolute atomic E-state index is 14.5. The van der Waals surface area contributed by atoms with Crippen LogP contribution >= 0.6 is 11.3 Å². The Kier molecular flexibility index (Phi) is 5.11. The van der Waals surface area contributed by atoms with Crippen LogP contribution in [-0.2, 0) is 9.53 Å². The first-order valence-electron chi connectivity index (χ1n) is 8.36. The molecule has 0 aromatic carbocycles. The van der Waals surface area contributed by atoms with Crippen LogP contribution in [0.1, 0.15) is 28.9 Å². The second-order valence-corrected chi connectivity index (χ2v) is 7.79. The molecule has 2 amide bonds. The van der Waals surface area contributed by atoms with E-state index in [0.717, 1.165) is 4.90 Å². The second kappa shape index (κ2) is 6.99. The first kappa shape index (κ1) is 18.3. The lowest BCUT2D eigenvalue weighted by Crippen LogP contribution is -2.62. The van der Waals surface area contributed by atoms with Crippen LogP contribution in [-0.4, -0.2) is 67.4 Å². The van der Waals surface area contributed by atoms with Gasteiger partial charge >= 0.3 is 0 Å². The van der Waals surface area contributed by atoms with Crippen molar-refractivity contribution in [1.29, 1.82) is 0 Å². The van der Waals surface area contributed by atoms with Crippen LogP contribution in [0.25, 0.3) is 0 Å². The van der Waals surface area contributed by atoms with Gasteiger partial charge in [-0.25, -0.2) is 8.78 Å². The van der Waals surface area contributed by atoms with Gasteiger partial charge in [-0.05, 0) is 24.3 Å². The lowest BCUT2D eigenvalue weighted by atomic mass is 9.71. The normalized spacial score (nSPS) is 26.3. The van der Waals surface area contributed by atoms with Crippen molar-refractivity contribution in [2.45, 2.75) is 25.2 Å². The van der Waals surface area contributed by atoms with Crippen LogP contribution in [0.4, 0.5) is 8.78 Å². The molecule has 2 saturated heterocycles. The van der Waals surface area contributed by atoms with Crippen molar-refractivity contribution in [1.82, 2.24) is 9.80 Å². The Hall–Kier alpha value is -1.54. The van der Waals surface area contributed by atoms with Crippen molar-refractivity contribution < 1.29 is 23.1 Å². The van der Waals surface area contributed by atoms with Gasteiger partial charge in [0.25, 0.3) is 11.8 Å². The van der Waals surface area contributed by atoms with E-state index < -0.39 is 30.2 Å². The third-order valence-corrected chi connectivity index (χ3v) is 5.78. The number of halogens is 2. The van der Waals surface area contributed by atoms with Gasteiger partial charge in [0.2, 0.25) is 5.91 Å². The van der Waals surface area contributed by atoms with Crippen molar-refractivity contribution in [3.8, 4) is 0 Å². The van der Waals surface area contributed by atoms with Gasteiger partial charge in [0.05, 0.1) is 23.4 Å². The fourth-order valence-electron chi connectivity index (χ4n) is 3.88. The third kappa shape index (κ3) is 3.69. The van der Waals surface area contributed by atoms with Crippen LogP contribution in [0.15, 0.2) is 17.5 Å². The van der Waals surface area contributed by atoms with E-state index in [1.807, 2.05) is 0 Å². The standard InChI is InChI=1S/C17H22F2N2O3S/c1-24-8-7-20-6-3-5-16(15(20)23)10-17(18,19)12-21(11-16)14(22)13-4-2-9-25-13/h2,4,9H,3,5-8,10-12H2,1H3/t16-/m1/s1. The Morgan fingerprint density at radius 3 is 2.88 bits per heavy atom. The van der Waals surface area contributed by atoms with Gasteiger partial charge in [0, 0.05) is 33.2 Å². The Balaban J connectivity index is 1.84. The number of piperidine rings is 2. The van der Waals surface area contributed by atoms with Gasteiger partial charge in [-0.2, -0.15) is 0 Å². The number of ether oxygens (including phenoxy) is 1. The Morgan fingerprint density at radius 2 is 2.20 bits per heavy atom. The number of thiophene rings is 1. The molecule has 1 aromatic rings. The lowest BCUT2D eigenvalue weighted by Gasteiger charge is -2.49. The molecule has 0 aliphatic carbocycles. The third-order valence-electron chi connectivity index (χ3n) is 4.92. The summed E-state index contributed by atoms with van der Waals surface area (Å²) in [5.74, 6) is -3.76. The minimum Gasteiger partial charge on any atom is -0.383 e. The molecule has 0 bridgehead atoms. The van der Waals surface area contributed by atoms with Gasteiger partial charge in [-0.15, -0.1) is 11.3 Å². The maximum atomic E-state index is 14.5. The van der Waals surface area contributed by atoms with E-state index in [2.05, 4.69) is 0 Å². The van der Waals surface area contributed by atoms with Crippen LogP contribution in [0.3, 0.4) is 0 Å². The number of methoxy groups -OCH3 is 1. The number of carbonyl (C=O) groups excluding carboxylic acids is 2. The molecule has 3 heterocycles. The molecule has 2 fully saturated rings. The van der Waals surface area contributed by atoms with E-state index in [0.29, 0.717) is 37.4 Å². The minimum atomic E-state index is -3.06. The molecule has 1 atom stereocenters. The molecule has 5 nitrogen and oxygen atoms in total. The Labute approximate surface area is 149 Å². The lowest BCUT2D eigenvalue weighted by molar-refractivity contribution is -0.166. The molecular weight excluding hydrogens is 350 g/mol. The van der Waals surface area contributed by atoms with Crippen molar-refractivity contribution in [2.24, 2.45) is 5.41 Å². The smallest absolute Gasteiger partial charge is 0.266 e. The fourth-order valence-corrected chi connectivity index (χ4v) is 4.58. The zero-order valence-electron chi connectivity index (χ0n) is 14.2. The van der Waals surface area contributed by atoms with Crippen molar-refractivity contribution in [3.05, 3.63) is 22.4 Å². The SMILES string of the molecule is COCCN1CCC[C@@]2(CN(C(=O)c3cccs3)CC(F)(F)C2)C1=O. The van der Waals surface area contributed by atoms with E-state index in [1.165, 1.54) is 11.3 Å². The van der Waals surface area contributed by atoms with Crippen LogP contribution in [0.2, 0.25) is 0 Å². The highest BCUT2D eigenvalue weighted by molar-refractivity contribution is 7.12. The number of hydrogen-bond donors (Lipinski definition) is 0. The number of amides is 2. The van der Waals surface area contributed by atoms with Crippen molar-refractivity contribution >= 4 is 23.2 Å². The molecule has 1 aromatic heterocycles. The molecule has 0 saturated carbocycles. The minimum absolute atomic E-state index is 0.0572. The molecule has 1 spiro atoms. The summed E-state index contributed by atoms with van der Waals surface area (Å²) in [7, 11) is 1.54. The number of nitrogens with zero attached hydrogens (tertiary/aromatic N) is 2. The molecule has 138 valence electrons. The summed E-state index contributed by atoms with van der Waals surface area (Å²) >= 11 is 1.22. The highest BCUT2D eigenvalue weighted by Crippen LogP contribution is 2.45. The number of likely N-dealkylation sites (tertiary alicyclic amines) is 2. The molecular formula is C17H22F2N2O3S.